The molecule has 0 amide bonds. The Kier molecular flexibility index (Phi) is 2.12. The van der Waals surface area contributed by atoms with Crippen molar-refractivity contribution in [1.29, 1.82) is 0 Å². The van der Waals surface area contributed by atoms with E-state index >= 15 is 0 Å². The fraction of sp³-hybridized carbons (Fsp3) is 0.0909. The lowest BCUT2D eigenvalue weighted by molar-refractivity contribution is 0.521. The van der Waals surface area contributed by atoms with Gasteiger partial charge in [0, 0.05) is 12.0 Å². The molecular weight excluding hydrogens is 234 g/mol. The minimum Gasteiger partial charge on any atom is -0.469 e. The zero-order valence-corrected chi connectivity index (χ0v) is 9.36. The van der Waals surface area contributed by atoms with Crippen LogP contribution in [0.1, 0.15) is 11.3 Å². The van der Waals surface area contributed by atoms with Crippen molar-refractivity contribution >= 4 is 22.8 Å². The van der Waals surface area contributed by atoms with E-state index in [2.05, 4.69) is 15.0 Å². The third-order valence-corrected chi connectivity index (χ3v) is 2.74. The summed E-state index contributed by atoms with van der Waals surface area (Å²) in [7, 11) is 0. The van der Waals surface area contributed by atoms with Gasteiger partial charge in [-0.1, -0.05) is 0 Å². The van der Waals surface area contributed by atoms with Crippen LogP contribution < -0.4 is 17.0 Å². The first kappa shape index (κ1) is 10.5. The van der Waals surface area contributed by atoms with Crippen LogP contribution in [0.15, 0.2) is 27.6 Å². The van der Waals surface area contributed by atoms with Gasteiger partial charge in [-0.25, -0.2) is 4.98 Å². The average Bonchev–Trinajstić information content (AvgIpc) is 2.91. The Morgan fingerprint density at radius 3 is 2.89 bits per heavy atom. The lowest BCUT2D eigenvalue weighted by Gasteiger charge is -1.98. The van der Waals surface area contributed by atoms with Crippen LogP contribution in [0.4, 0.5) is 11.8 Å². The fourth-order valence-electron chi connectivity index (χ4n) is 1.93. The van der Waals surface area contributed by atoms with Gasteiger partial charge in [0.25, 0.3) is 5.56 Å². The van der Waals surface area contributed by atoms with E-state index in [4.69, 9.17) is 15.9 Å². The van der Waals surface area contributed by atoms with Crippen LogP contribution in [0.5, 0.6) is 0 Å². The zero-order valence-electron chi connectivity index (χ0n) is 9.36. The van der Waals surface area contributed by atoms with E-state index in [1.807, 2.05) is 6.07 Å². The van der Waals surface area contributed by atoms with Gasteiger partial charge in [-0.15, -0.1) is 0 Å². The van der Waals surface area contributed by atoms with Gasteiger partial charge < -0.3 is 20.9 Å². The number of aromatic nitrogens is 3. The number of furan rings is 1. The molecule has 0 radical (unpaired) electrons. The summed E-state index contributed by atoms with van der Waals surface area (Å²) in [5.74, 6) is 1.19. The van der Waals surface area contributed by atoms with Gasteiger partial charge in [0.05, 0.1) is 6.26 Å². The number of nitrogens with two attached hydrogens (primary N) is 2. The molecule has 7 nitrogen and oxygen atoms in total. The van der Waals surface area contributed by atoms with Gasteiger partial charge in [0.1, 0.15) is 22.6 Å². The molecule has 3 aromatic rings. The summed E-state index contributed by atoms with van der Waals surface area (Å²) < 4.78 is 5.26. The maximum absolute atomic E-state index is 11.7. The number of hydrogen-bond donors (Lipinski definition) is 4. The topological polar surface area (TPSA) is 127 Å². The molecule has 0 bridgehead atoms. The predicted molar refractivity (Wildman–Crippen MR) is 67.1 cm³/mol. The van der Waals surface area contributed by atoms with Crippen LogP contribution in [0.25, 0.3) is 11.0 Å². The van der Waals surface area contributed by atoms with Crippen molar-refractivity contribution in [3.8, 4) is 0 Å². The largest absolute Gasteiger partial charge is 0.469 e. The Hall–Kier alpha value is -2.70. The van der Waals surface area contributed by atoms with E-state index in [9.17, 15) is 4.79 Å². The number of fused-ring (bicyclic) bond motifs is 1. The Balaban J connectivity index is 2.22. The number of nitrogens with one attached hydrogen (secondary N) is 2. The van der Waals surface area contributed by atoms with Crippen LogP contribution >= 0.6 is 0 Å². The first-order chi connectivity index (χ1) is 8.65. The monoisotopic (exact) mass is 245 g/mol. The smallest absolute Gasteiger partial charge is 0.276 e. The number of nitrogen functional groups attached to an aromatic ring is 2. The second-order valence-electron chi connectivity index (χ2n) is 3.95. The summed E-state index contributed by atoms with van der Waals surface area (Å²) >= 11 is 0. The normalized spacial score (nSPS) is 11.1. The third-order valence-electron chi connectivity index (χ3n) is 2.74. The Bertz CT molecular complexity index is 754. The highest BCUT2D eigenvalue weighted by Crippen LogP contribution is 2.23. The predicted octanol–water partition coefficient (Wildman–Crippen LogP) is 0.599. The lowest BCUT2D eigenvalue weighted by Crippen LogP contribution is -2.11. The molecule has 0 fully saturated rings. The van der Waals surface area contributed by atoms with Gasteiger partial charge in [-0.3, -0.25) is 9.78 Å². The Morgan fingerprint density at radius 2 is 2.17 bits per heavy atom. The van der Waals surface area contributed by atoms with Crippen LogP contribution in [0.3, 0.4) is 0 Å². The highest BCUT2D eigenvalue weighted by Gasteiger charge is 2.15. The number of H-pyrrole nitrogens is 2. The van der Waals surface area contributed by atoms with Crippen LogP contribution in [0.2, 0.25) is 0 Å². The van der Waals surface area contributed by atoms with Gasteiger partial charge >= 0.3 is 0 Å². The van der Waals surface area contributed by atoms with E-state index < -0.39 is 0 Å². The minimum atomic E-state index is -0.338. The van der Waals surface area contributed by atoms with Gasteiger partial charge in [0.2, 0.25) is 5.95 Å². The standard InChI is InChI=1S/C11H11N5O2/c12-9-6(4-5-2-1-3-18-5)7-8(14-9)10(17)16-11(13)15-7/h1-3,14H,4,12H2,(H3,13,15,16,17). The molecule has 0 saturated heterocycles. The molecule has 7 heteroatoms. The second-order valence-corrected chi connectivity index (χ2v) is 3.95. The highest BCUT2D eigenvalue weighted by molar-refractivity contribution is 5.84. The van der Waals surface area contributed by atoms with E-state index in [1.165, 1.54) is 0 Å². The molecule has 0 aliphatic rings. The number of aromatic amines is 2. The minimum absolute atomic E-state index is 0.0622. The highest BCUT2D eigenvalue weighted by atomic mass is 16.3. The first-order valence-corrected chi connectivity index (χ1v) is 5.33. The zero-order chi connectivity index (χ0) is 12.7. The van der Waals surface area contributed by atoms with Crippen molar-refractivity contribution < 1.29 is 4.42 Å². The molecule has 3 aromatic heterocycles. The summed E-state index contributed by atoms with van der Waals surface area (Å²) in [6.07, 6.45) is 2.03. The van der Waals surface area contributed by atoms with Crippen LogP contribution in [0, 0.1) is 0 Å². The molecule has 3 rings (SSSR count). The quantitative estimate of drug-likeness (QED) is 0.525. The molecule has 0 aliphatic heterocycles. The van der Waals surface area contributed by atoms with Crippen molar-refractivity contribution in [3.63, 3.8) is 0 Å². The van der Waals surface area contributed by atoms with Gasteiger partial charge in [0.15, 0.2) is 0 Å². The summed E-state index contributed by atoms with van der Waals surface area (Å²) in [6, 6.07) is 3.61. The lowest BCUT2D eigenvalue weighted by atomic mass is 10.1. The van der Waals surface area contributed by atoms with Crippen molar-refractivity contribution in [2.75, 3.05) is 11.5 Å². The molecule has 6 N–H and O–H groups in total. The number of hydrogen-bond acceptors (Lipinski definition) is 5. The van der Waals surface area contributed by atoms with E-state index in [1.54, 1.807) is 12.3 Å². The molecule has 0 unspecified atom stereocenters. The average molecular weight is 245 g/mol. The number of nitrogens with zero attached hydrogens (tertiary/aromatic N) is 1. The molecule has 3 heterocycles. The number of rotatable bonds is 2. The Labute approximate surface area is 101 Å². The fourth-order valence-corrected chi connectivity index (χ4v) is 1.93. The van der Waals surface area contributed by atoms with Gasteiger partial charge in [-0.2, -0.15) is 0 Å². The SMILES string of the molecule is Nc1nc2c(Cc3ccco3)c(N)[nH]c2c(=O)[nH]1. The molecular formula is C11H11N5O2. The molecule has 0 atom stereocenters. The van der Waals surface area contributed by atoms with E-state index in [0.29, 0.717) is 28.8 Å². The van der Waals surface area contributed by atoms with Crippen LogP contribution in [-0.4, -0.2) is 15.0 Å². The maximum atomic E-state index is 11.7. The van der Waals surface area contributed by atoms with E-state index in [-0.39, 0.29) is 11.5 Å². The van der Waals surface area contributed by atoms with Crippen molar-refractivity contribution in [2.45, 2.75) is 6.42 Å². The number of anilines is 2. The maximum Gasteiger partial charge on any atom is 0.276 e. The van der Waals surface area contributed by atoms with Crippen molar-refractivity contribution in [2.24, 2.45) is 0 Å². The summed E-state index contributed by atoms with van der Waals surface area (Å²) in [4.78, 5) is 21.0. The van der Waals surface area contributed by atoms with E-state index in [0.717, 1.165) is 5.76 Å². The summed E-state index contributed by atoms with van der Waals surface area (Å²) in [5, 5.41) is 0. The van der Waals surface area contributed by atoms with Gasteiger partial charge in [-0.05, 0) is 12.1 Å². The summed E-state index contributed by atoms with van der Waals surface area (Å²) in [6.45, 7) is 0. The Morgan fingerprint density at radius 1 is 1.33 bits per heavy atom. The third kappa shape index (κ3) is 1.53. The molecule has 0 saturated carbocycles. The molecule has 18 heavy (non-hydrogen) atoms. The van der Waals surface area contributed by atoms with Crippen LogP contribution in [-0.2, 0) is 6.42 Å². The molecule has 0 spiro atoms. The molecule has 0 aliphatic carbocycles. The molecule has 0 aromatic carbocycles. The van der Waals surface area contributed by atoms with Crippen molar-refractivity contribution in [1.82, 2.24) is 15.0 Å². The second kappa shape index (κ2) is 3.66. The van der Waals surface area contributed by atoms with Crippen molar-refractivity contribution in [3.05, 3.63) is 40.1 Å². The summed E-state index contributed by atoms with van der Waals surface area (Å²) in [5.41, 5.74) is 12.6. The molecule has 92 valence electrons. The first-order valence-electron chi connectivity index (χ1n) is 5.33.